The van der Waals surface area contributed by atoms with Gasteiger partial charge in [0.2, 0.25) is 0 Å². The minimum atomic E-state index is 0.792. The van der Waals surface area contributed by atoms with Crippen LogP contribution in [0.1, 0.15) is 24.0 Å². The molecule has 19 heavy (non-hydrogen) atoms. The van der Waals surface area contributed by atoms with Crippen LogP contribution in [0, 0.1) is 0 Å². The first kappa shape index (κ1) is 12.9. The van der Waals surface area contributed by atoms with Crippen molar-refractivity contribution in [2.75, 3.05) is 19.7 Å². The van der Waals surface area contributed by atoms with E-state index in [1.807, 2.05) is 0 Å². The highest BCUT2D eigenvalue weighted by molar-refractivity contribution is 9.10. The van der Waals surface area contributed by atoms with Gasteiger partial charge in [-0.25, -0.2) is 0 Å². The van der Waals surface area contributed by atoms with Crippen molar-refractivity contribution in [2.45, 2.75) is 25.8 Å². The second kappa shape index (κ2) is 5.51. The van der Waals surface area contributed by atoms with E-state index in [-0.39, 0.29) is 0 Å². The molecule has 0 atom stereocenters. The van der Waals surface area contributed by atoms with Crippen molar-refractivity contribution in [3.63, 3.8) is 0 Å². The number of likely N-dealkylation sites (tertiary alicyclic amines) is 1. The molecule has 0 bridgehead atoms. The summed E-state index contributed by atoms with van der Waals surface area (Å²) in [6.07, 6.45) is 2.71. The van der Waals surface area contributed by atoms with Crippen molar-refractivity contribution in [3.05, 3.63) is 27.7 Å². The van der Waals surface area contributed by atoms with Crippen molar-refractivity contribution in [1.29, 1.82) is 0 Å². The molecule has 1 aromatic carbocycles. The molecule has 1 fully saturated rings. The smallest absolute Gasteiger partial charge is 0.127 e. The lowest BCUT2D eigenvalue weighted by Gasteiger charge is -2.27. The maximum Gasteiger partial charge on any atom is 0.127 e. The zero-order chi connectivity index (χ0) is 13.2. The number of oxime groups is 1. The van der Waals surface area contributed by atoms with Gasteiger partial charge in [0.15, 0.2) is 0 Å². The van der Waals surface area contributed by atoms with Crippen LogP contribution in [0.2, 0.25) is 0 Å². The lowest BCUT2D eigenvalue weighted by atomic mass is 10.1. The lowest BCUT2D eigenvalue weighted by molar-refractivity contribution is 0.251. The monoisotopic (exact) mass is 324 g/mol. The van der Waals surface area contributed by atoms with Gasteiger partial charge in [-0.05, 0) is 17.7 Å². The number of hydrogen-bond donors (Lipinski definition) is 1. The van der Waals surface area contributed by atoms with Gasteiger partial charge in [0.1, 0.15) is 5.75 Å². The molecule has 0 radical (unpaired) electrons. The second-order valence-electron chi connectivity index (χ2n) is 5.09. The molecule has 0 amide bonds. The first-order chi connectivity index (χ1) is 9.26. The molecule has 1 N–H and O–H groups in total. The topological polar surface area (TPSA) is 45.1 Å². The zero-order valence-electron chi connectivity index (χ0n) is 10.7. The Balaban J connectivity index is 1.74. The van der Waals surface area contributed by atoms with Crippen LogP contribution >= 0.6 is 15.9 Å². The van der Waals surface area contributed by atoms with E-state index in [9.17, 15) is 0 Å². The summed E-state index contributed by atoms with van der Waals surface area (Å²) in [5.74, 6) is 1.07. The summed E-state index contributed by atoms with van der Waals surface area (Å²) in [6, 6.07) is 4.30. The minimum Gasteiger partial charge on any atom is -0.493 e. The molecule has 102 valence electrons. The lowest BCUT2D eigenvalue weighted by Crippen LogP contribution is -2.33. The zero-order valence-corrected chi connectivity index (χ0v) is 12.3. The van der Waals surface area contributed by atoms with Gasteiger partial charge >= 0.3 is 0 Å². The largest absolute Gasteiger partial charge is 0.493 e. The molecule has 5 heteroatoms. The molecule has 0 aromatic heterocycles. The molecule has 2 aliphatic heterocycles. The van der Waals surface area contributed by atoms with Gasteiger partial charge in [0.05, 0.1) is 12.3 Å². The van der Waals surface area contributed by atoms with Gasteiger partial charge in [-0.2, -0.15) is 0 Å². The van der Waals surface area contributed by atoms with Crippen molar-refractivity contribution in [2.24, 2.45) is 5.16 Å². The predicted molar refractivity (Wildman–Crippen MR) is 77.1 cm³/mol. The Morgan fingerprint density at radius 2 is 2.05 bits per heavy atom. The van der Waals surface area contributed by atoms with E-state index in [0.29, 0.717) is 0 Å². The Kier molecular flexibility index (Phi) is 3.75. The number of ether oxygens (including phenoxy) is 1. The predicted octanol–water partition coefficient (Wildman–Crippen LogP) is 2.81. The average Bonchev–Trinajstić information content (AvgIpc) is 2.88. The Morgan fingerprint density at radius 1 is 1.26 bits per heavy atom. The van der Waals surface area contributed by atoms with E-state index >= 15 is 0 Å². The van der Waals surface area contributed by atoms with E-state index in [0.717, 1.165) is 61.4 Å². The molecule has 0 spiro atoms. The third kappa shape index (κ3) is 2.77. The van der Waals surface area contributed by atoms with E-state index < -0.39 is 0 Å². The Morgan fingerprint density at radius 3 is 2.79 bits per heavy atom. The molecule has 0 saturated carbocycles. The van der Waals surface area contributed by atoms with Gasteiger partial charge in [-0.3, -0.25) is 4.90 Å². The highest BCUT2D eigenvalue weighted by atomic mass is 79.9. The van der Waals surface area contributed by atoms with Crippen LogP contribution in [0.3, 0.4) is 0 Å². The number of nitrogens with zero attached hydrogens (tertiary/aromatic N) is 2. The van der Waals surface area contributed by atoms with Crippen LogP contribution in [0.15, 0.2) is 21.8 Å². The average molecular weight is 325 g/mol. The van der Waals surface area contributed by atoms with Crippen molar-refractivity contribution in [1.82, 2.24) is 4.90 Å². The first-order valence-corrected chi connectivity index (χ1v) is 7.42. The highest BCUT2D eigenvalue weighted by Crippen LogP contribution is 2.34. The summed E-state index contributed by atoms with van der Waals surface area (Å²) in [7, 11) is 0. The number of piperidine rings is 1. The van der Waals surface area contributed by atoms with Crippen LogP contribution < -0.4 is 4.74 Å². The standard InChI is InChI=1S/C14H17BrN2O2/c15-12-7-10-3-6-19-14(10)11(8-12)9-17-4-1-13(16-18)2-5-17/h7-8,18H,1-6,9H2. The third-order valence-corrected chi connectivity index (χ3v) is 4.25. The first-order valence-electron chi connectivity index (χ1n) is 6.62. The van der Waals surface area contributed by atoms with Gasteiger partial charge in [-0.15, -0.1) is 0 Å². The molecule has 1 aromatic rings. The SMILES string of the molecule is ON=C1CCN(Cc2cc(Br)cc3c2OCC3)CC1. The number of halogens is 1. The fraction of sp³-hybridized carbons (Fsp3) is 0.500. The number of hydrogen-bond acceptors (Lipinski definition) is 4. The number of fused-ring (bicyclic) bond motifs is 1. The summed E-state index contributed by atoms with van der Waals surface area (Å²) >= 11 is 3.58. The van der Waals surface area contributed by atoms with Crippen molar-refractivity contribution in [3.8, 4) is 5.75 Å². The second-order valence-corrected chi connectivity index (χ2v) is 6.01. The maximum absolute atomic E-state index is 8.77. The van der Waals surface area contributed by atoms with Crippen LogP contribution in [0.4, 0.5) is 0 Å². The summed E-state index contributed by atoms with van der Waals surface area (Å²) < 4.78 is 6.88. The van der Waals surface area contributed by atoms with Gasteiger partial charge in [0.25, 0.3) is 0 Å². The minimum absolute atomic E-state index is 0.792. The van der Waals surface area contributed by atoms with Crippen molar-refractivity contribution >= 4 is 21.6 Å². The quantitative estimate of drug-likeness (QED) is 0.672. The summed E-state index contributed by atoms with van der Waals surface area (Å²) in [5, 5.41) is 12.1. The molecule has 0 unspecified atom stereocenters. The maximum atomic E-state index is 8.77. The molecule has 0 aliphatic carbocycles. The van der Waals surface area contributed by atoms with Gasteiger partial charge in [-0.1, -0.05) is 21.1 Å². The summed E-state index contributed by atoms with van der Waals surface area (Å²) in [5.41, 5.74) is 3.47. The Bertz CT molecular complexity index is 506. The van der Waals surface area contributed by atoms with Crippen molar-refractivity contribution < 1.29 is 9.94 Å². The van der Waals surface area contributed by atoms with E-state index in [2.05, 4.69) is 38.1 Å². The Labute approximate surface area is 121 Å². The third-order valence-electron chi connectivity index (χ3n) is 3.79. The van der Waals surface area contributed by atoms with Crippen LogP contribution in [0.5, 0.6) is 5.75 Å². The van der Waals surface area contributed by atoms with E-state index in [1.165, 1.54) is 11.1 Å². The van der Waals surface area contributed by atoms with E-state index in [1.54, 1.807) is 0 Å². The molecular formula is C14H17BrN2O2. The number of rotatable bonds is 2. The van der Waals surface area contributed by atoms with Crippen LogP contribution in [-0.4, -0.2) is 35.5 Å². The number of benzene rings is 1. The van der Waals surface area contributed by atoms with E-state index in [4.69, 9.17) is 9.94 Å². The summed E-state index contributed by atoms with van der Waals surface area (Å²) in [6.45, 7) is 3.59. The normalized spacial score (nSPS) is 19.1. The fourth-order valence-corrected chi connectivity index (χ4v) is 3.33. The van der Waals surface area contributed by atoms with Crippen LogP contribution in [-0.2, 0) is 13.0 Å². The molecule has 2 aliphatic rings. The summed E-state index contributed by atoms with van der Waals surface area (Å²) in [4.78, 5) is 2.39. The molecule has 4 nitrogen and oxygen atoms in total. The molecule has 2 heterocycles. The Hall–Kier alpha value is -1.07. The molecule has 1 saturated heterocycles. The fourth-order valence-electron chi connectivity index (χ4n) is 2.77. The highest BCUT2D eigenvalue weighted by Gasteiger charge is 2.21. The van der Waals surface area contributed by atoms with Gasteiger partial charge in [0, 0.05) is 48.9 Å². The van der Waals surface area contributed by atoms with Gasteiger partial charge < -0.3 is 9.94 Å². The molecular weight excluding hydrogens is 308 g/mol. The molecule has 3 rings (SSSR count). The van der Waals surface area contributed by atoms with Crippen LogP contribution in [0.25, 0.3) is 0 Å².